The first-order valence-electron chi connectivity index (χ1n) is 6.22. The smallest absolute Gasteiger partial charge is 0.242 e. The Morgan fingerprint density at radius 1 is 1.38 bits per heavy atom. The number of aryl methyl sites for hydroxylation is 2. The zero-order valence-corrected chi connectivity index (χ0v) is 15.1. The predicted molar refractivity (Wildman–Crippen MR) is 88.9 cm³/mol. The van der Waals surface area contributed by atoms with Crippen molar-refractivity contribution < 1.29 is 8.42 Å². The molecule has 0 aliphatic rings. The molecular formula is C13H16BrN3O2S2. The van der Waals surface area contributed by atoms with Crippen LogP contribution in [-0.2, 0) is 10.0 Å². The second kappa shape index (κ2) is 6.04. The lowest BCUT2D eigenvalue weighted by Gasteiger charge is -2.14. The van der Waals surface area contributed by atoms with E-state index in [0.717, 1.165) is 15.6 Å². The molecule has 1 heterocycles. The van der Waals surface area contributed by atoms with Crippen LogP contribution >= 0.6 is 27.3 Å². The van der Waals surface area contributed by atoms with Gasteiger partial charge in [-0.1, -0.05) is 0 Å². The zero-order valence-electron chi connectivity index (χ0n) is 11.8. The Balaban J connectivity index is 2.33. The molecular weight excluding hydrogens is 374 g/mol. The van der Waals surface area contributed by atoms with Gasteiger partial charge in [0.2, 0.25) is 10.0 Å². The summed E-state index contributed by atoms with van der Waals surface area (Å²) in [6, 6.07) is 4.35. The summed E-state index contributed by atoms with van der Waals surface area (Å²) in [5.74, 6) is 0. The van der Waals surface area contributed by atoms with Gasteiger partial charge in [0, 0.05) is 15.0 Å². The number of rotatable bonds is 4. The summed E-state index contributed by atoms with van der Waals surface area (Å²) < 4.78 is 28.1. The number of halogens is 1. The van der Waals surface area contributed by atoms with Crippen molar-refractivity contribution in [3.05, 3.63) is 38.3 Å². The molecule has 0 radical (unpaired) electrons. The molecule has 0 saturated carbocycles. The molecule has 2 rings (SSSR count). The fourth-order valence-corrected chi connectivity index (χ4v) is 5.24. The second-order valence-corrected chi connectivity index (χ2v) is 8.49. The van der Waals surface area contributed by atoms with Gasteiger partial charge in [-0.3, -0.25) is 0 Å². The minimum Gasteiger partial charge on any atom is -0.399 e. The number of nitrogens with zero attached hydrogens (tertiary/aromatic N) is 1. The van der Waals surface area contributed by atoms with Gasteiger partial charge in [0.25, 0.3) is 0 Å². The van der Waals surface area contributed by atoms with Gasteiger partial charge in [0.05, 0.1) is 21.6 Å². The van der Waals surface area contributed by atoms with Gasteiger partial charge < -0.3 is 5.73 Å². The van der Waals surface area contributed by atoms with E-state index in [1.807, 2.05) is 13.8 Å². The van der Waals surface area contributed by atoms with Gasteiger partial charge >= 0.3 is 0 Å². The van der Waals surface area contributed by atoms with E-state index < -0.39 is 10.0 Å². The molecule has 1 aromatic heterocycles. The van der Waals surface area contributed by atoms with Crippen LogP contribution < -0.4 is 10.5 Å². The average Bonchev–Trinajstić information content (AvgIpc) is 2.71. The lowest BCUT2D eigenvalue weighted by Crippen LogP contribution is -2.27. The van der Waals surface area contributed by atoms with E-state index in [-0.39, 0.29) is 10.9 Å². The highest BCUT2D eigenvalue weighted by Gasteiger charge is 2.23. The molecule has 3 N–H and O–H groups in total. The molecule has 1 atom stereocenters. The van der Waals surface area contributed by atoms with E-state index in [2.05, 4.69) is 25.6 Å². The molecule has 1 unspecified atom stereocenters. The lowest BCUT2D eigenvalue weighted by molar-refractivity contribution is 0.567. The number of aromatic nitrogens is 1. The Bertz CT molecular complexity index is 772. The van der Waals surface area contributed by atoms with Crippen LogP contribution in [-0.4, -0.2) is 13.4 Å². The third-order valence-corrected chi connectivity index (χ3v) is 6.70. The van der Waals surface area contributed by atoms with Gasteiger partial charge in [-0.15, -0.1) is 11.3 Å². The normalized spacial score (nSPS) is 13.3. The molecule has 2 aromatic rings. The Labute approximate surface area is 136 Å². The maximum absolute atomic E-state index is 12.5. The maximum atomic E-state index is 12.5. The molecule has 0 bridgehead atoms. The fraction of sp³-hybridized carbons (Fsp3) is 0.308. The summed E-state index contributed by atoms with van der Waals surface area (Å²) in [6.45, 7) is 5.58. The topological polar surface area (TPSA) is 85.1 Å². The summed E-state index contributed by atoms with van der Waals surface area (Å²) in [6.07, 6.45) is 0. The molecule has 114 valence electrons. The molecule has 0 fully saturated rings. The van der Waals surface area contributed by atoms with E-state index in [1.165, 1.54) is 17.4 Å². The first-order valence-corrected chi connectivity index (χ1v) is 9.31. The molecule has 1 aromatic carbocycles. The van der Waals surface area contributed by atoms with E-state index in [9.17, 15) is 8.42 Å². The molecule has 0 amide bonds. The minimum atomic E-state index is -3.67. The predicted octanol–water partition coefficient (Wildman–Crippen LogP) is 3.14. The fourth-order valence-electron chi connectivity index (χ4n) is 2.02. The third kappa shape index (κ3) is 3.63. The van der Waals surface area contributed by atoms with Crippen molar-refractivity contribution in [3.8, 4) is 0 Å². The number of nitrogen functional groups attached to an aromatic ring is 1. The van der Waals surface area contributed by atoms with Crippen LogP contribution in [0.25, 0.3) is 0 Å². The minimum absolute atomic E-state index is 0.133. The molecule has 0 aliphatic heterocycles. The van der Waals surface area contributed by atoms with Crippen molar-refractivity contribution in [3.63, 3.8) is 0 Å². The molecule has 0 spiro atoms. The third-order valence-electron chi connectivity index (χ3n) is 2.91. The Hall–Kier alpha value is -0.960. The van der Waals surface area contributed by atoms with Crippen molar-refractivity contribution in [2.45, 2.75) is 31.7 Å². The monoisotopic (exact) mass is 389 g/mol. The van der Waals surface area contributed by atoms with Crippen LogP contribution in [0.2, 0.25) is 0 Å². The lowest BCUT2D eigenvalue weighted by atomic mass is 10.2. The first kappa shape index (κ1) is 16.4. The van der Waals surface area contributed by atoms with E-state index >= 15 is 0 Å². The highest BCUT2D eigenvalue weighted by molar-refractivity contribution is 9.10. The summed E-state index contributed by atoms with van der Waals surface area (Å²) in [7, 11) is -3.67. The number of sulfonamides is 1. The highest BCUT2D eigenvalue weighted by Crippen LogP contribution is 2.28. The van der Waals surface area contributed by atoms with Crippen molar-refractivity contribution in [1.29, 1.82) is 0 Å². The number of benzene rings is 1. The van der Waals surface area contributed by atoms with Gasteiger partial charge in [-0.2, -0.15) is 0 Å². The van der Waals surface area contributed by atoms with Crippen LogP contribution in [0.5, 0.6) is 0 Å². The summed E-state index contributed by atoms with van der Waals surface area (Å²) in [5.41, 5.74) is 6.92. The number of nitrogens with one attached hydrogen (secondary N) is 1. The maximum Gasteiger partial charge on any atom is 0.242 e. The van der Waals surface area contributed by atoms with Gasteiger partial charge in [0.15, 0.2) is 0 Å². The van der Waals surface area contributed by atoms with Crippen molar-refractivity contribution in [1.82, 2.24) is 9.71 Å². The highest BCUT2D eigenvalue weighted by atomic mass is 79.9. The van der Waals surface area contributed by atoms with Crippen LogP contribution in [0.4, 0.5) is 5.69 Å². The number of thiazole rings is 1. The number of anilines is 1. The van der Waals surface area contributed by atoms with Crippen LogP contribution in [0.3, 0.4) is 0 Å². The number of hydrogen-bond donors (Lipinski definition) is 2. The molecule has 8 heteroatoms. The largest absolute Gasteiger partial charge is 0.399 e. The number of hydrogen-bond acceptors (Lipinski definition) is 5. The SMILES string of the molecule is Cc1nc(C)c(C(C)NS(=O)(=O)c2cc(N)ccc2Br)s1. The Morgan fingerprint density at radius 3 is 2.62 bits per heavy atom. The molecule has 0 aliphatic carbocycles. The molecule has 0 saturated heterocycles. The van der Waals surface area contributed by atoms with E-state index in [4.69, 9.17) is 5.73 Å². The van der Waals surface area contributed by atoms with E-state index in [0.29, 0.717) is 10.2 Å². The van der Waals surface area contributed by atoms with Crippen molar-refractivity contribution in [2.24, 2.45) is 0 Å². The first-order chi connectivity index (χ1) is 9.70. The Morgan fingerprint density at radius 2 is 2.05 bits per heavy atom. The average molecular weight is 390 g/mol. The van der Waals surface area contributed by atoms with Crippen LogP contribution in [0, 0.1) is 13.8 Å². The zero-order chi connectivity index (χ0) is 15.8. The standard InChI is InChI=1S/C13H16BrN3O2S2/c1-7-13(20-9(3)16-7)8(2)17-21(18,19)12-6-10(15)4-5-11(12)14/h4-6,8,17H,15H2,1-3H3. The van der Waals surface area contributed by atoms with Gasteiger partial charge in [-0.25, -0.2) is 18.1 Å². The van der Waals surface area contributed by atoms with Gasteiger partial charge in [-0.05, 0) is 54.9 Å². The molecule has 5 nitrogen and oxygen atoms in total. The summed E-state index contributed by atoms with van der Waals surface area (Å²) >= 11 is 4.74. The van der Waals surface area contributed by atoms with Gasteiger partial charge in [0.1, 0.15) is 0 Å². The summed E-state index contributed by atoms with van der Waals surface area (Å²) in [4.78, 5) is 5.37. The number of nitrogens with two attached hydrogens (primary N) is 1. The van der Waals surface area contributed by atoms with Crippen LogP contribution in [0.15, 0.2) is 27.6 Å². The van der Waals surface area contributed by atoms with E-state index in [1.54, 1.807) is 19.1 Å². The van der Waals surface area contributed by atoms with Crippen molar-refractivity contribution >= 4 is 43.0 Å². The second-order valence-electron chi connectivity index (χ2n) is 4.72. The van der Waals surface area contributed by atoms with Crippen LogP contribution in [0.1, 0.15) is 28.5 Å². The Kier molecular flexibility index (Phi) is 4.72. The summed E-state index contributed by atoms with van der Waals surface area (Å²) in [5, 5.41) is 0.915. The van der Waals surface area contributed by atoms with Crippen molar-refractivity contribution in [2.75, 3.05) is 5.73 Å². The quantitative estimate of drug-likeness (QED) is 0.786. The molecule has 21 heavy (non-hydrogen) atoms.